The van der Waals surface area contributed by atoms with Crippen molar-refractivity contribution in [1.29, 1.82) is 0 Å². The van der Waals surface area contributed by atoms with Crippen molar-refractivity contribution in [2.45, 2.75) is 39.0 Å². The molecule has 0 aromatic rings. The predicted molar refractivity (Wildman–Crippen MR) is 82.6 cm³/mol. The first-order chi connectivity index (χ1) is 10.3. The quantitative estimate of drug-likeness (QED) is 0.382. The third-order valence-electron chi connectivity index (χ3n) is 3.19. The third kappa shape index (κ3) is 8.35. The van der Waals surface area contributed by atoms with Gasteiger partial charge in [-0.25, -0.2) is 4.79 Å². The first-order valence-electron chi connectivity index (χ1n) is 7.73. The van der Waals surface area contributed by atoms with Gasteiger partial charge in [0.1, 0.15) is 5.76 Å². The van der Waals surface area contributed by atoms with E-state index >= 15 is 0 Å². The fraction of sp³-hybridized carbons (Fsp3) is 0.588. The largest absolute Gasteiger partial charge is 0.494 e. The molecule has 1 rings (SSSR count). The molecule has 118 valence electrons. The topological polar surface area (TPSA) is 55.8 Å². The number of aliphatic hydroxyl groups excluding tert-OH is 1. The SMILES string of the molecule is CCOC(=O)/C=C/C1C=CC(OCCCCCCO)=CC1. The van der Waals surface area contributed by atoms with Gasteiger partial charge in [0.05, 0.1) is 13.2 Å². The minimum absolute atomic E-state index is 0.228. The molecule has 0 fully saturated rings. The Bertz CT molecular complexity index is 382. The molecule has 0 aromatic carbocycles. The van der Waals surface area contributed by atoms with Crippen LogP contribution in [0.3, 0.4) is 0 Å². The van der Waals surface area contributed by atoms with Gasteiger partial charge < -0.3 is 14.6 Å². The molecular weight excluding hydrogens is 268 g/mol. The molecule has 0 saturated carbocycles. The smallest absolute Gasteiger partial charge is 0.330 e. The van der Waals surface area contributed by atoms with Crippen molar-refractivity contribution in [3.63, 3.8) is 0 Å². The van der Waals surface area contributed by atoms with Crippen LogP contribution < -0.4 is 0 Å². The van der Waals surface area contributed by atoms with Crippen molar-refractivity contribution in [3.8, 4) is 0 Å². The summed E-state index contributed by atoms with van der Waals surface area (Å²) in [6, 6.07) is 0. The van der Waals surface area contributed by atoms with Crippen molar-refractivity contribution in [1.82, 2.24) is 0 Å². The monoisotopic (exact) mass is 294 g/mol. The van der Waals surface area contributed by atoms with Gasteiger partial charge in [0, 0.05) is 12.7 Å². The van der Waals surface area contributed by atoms with E-state index in [9.17, 15) is 4.79 Å². The van der Waals surface area contributed by atoms with Crippen LogP contribution in [0, 0.1) is 5.92 Å². The Balaban J connectivity index is 2.16. The number of carbonyl (C=O) groups is 1. The minimum atomic E-state index is -0.292. The minimum Gasteiger partial charge on any atom is -0.494 e. The average Bonchev–Trinajstić information content (AvgIpc) is 2.50. The molecule has 0 spiro atoms. The number of ether oxygens (including phenoxy) is 2. The molecule has 0 aliphatic heterocycles. The van der Waals surface area contributed by atoms with E-state index in [0.717, 1.165) is 37.9 Å². The third-order valence-corrected chi connectivity index (χ3v) is 3.19. The number of esters is 1. The van der Waals surface area contributed by atoms with Gasteiger partial charge >= 0.3 is 5.97 Å². The number of carbonyl (C=O) groups excluding carboxylic acids is 1. The van der Waals surface area contributed by atoms with Crippen LogP contribution >= 0.6 is 0 Å². The molecular formula is C17H26O4. The van der Waals surface area contributed by atoms with Crippen LogP contribution in [0.1, 0.15) is 39.0 Å². The Morgan fingerprint density at radius 3 is 2.86 bits per heavy atom. The molecule has 0 heterocycles. The highest BCUT2D eigenvalue weighted by Crippen LogP contribution is 2.18. The highest BCUT2D eigenvalue weighted by Gasteiger charge is 2.07. The Labute approximate surface area is 127 Å². The Morgan fingerprint density at radius 2 is 2.19 bits per heavy atom. The van der Waals surface area contributed by atoms with E-state index in [0.29, 0.717) is 13.2 Å². The number of hydrogen-bond donors (Lipinski definition) is 1. The molecule has 0 bridgehead atoms. The summed E-state index contributed by atoms with van der Waals surface area (Å²) in [4.78, 5) is 11.2. The fourth-order valence-corrected chi connectivity index (χ4v) is 2.02. The van der Waals surface area contributed by atoms with Gasteiger partial charge in [0.25, 0.3) is 0 Å². The van der Waals surface area contributed by atoms with Crippen LogP contribution in [0.25, 0.3) is 0 Å². The van der Waals surface area contributed by atoms with E-state index in [1.165, 1.54) is 6.08 Å². The Hall–Kier alpha value is -1.55. The summed E-state index contributed by atoms with van der Waals surface area (Å²) in [6.07, 6.45) is 14.2. The van der Waals surface area contributed by atoms with Crippen molar-refractivity contribution in [2.75, 3.05) is 19.8 Å². The fourth-order valence-electron chi connectivity index (χ4n) is 2.02. The predicted octanol–water partition coefficient (Wildman–Crippen LogP) is 3.14. The molecule has 4 nitrogen and oxygen atoms in total. The molecule has 0 aromatic heterocycles. The molecule has 0 radical (unpaired) electrons. The van der Waals surface area contributed by atoms with Gasteiger partial charge in [-0.2, -0.15) is 0 Å². The normalized spacial score (nSPS) is 17.8. The van der Waals surface area contributed by atoms with Gasteiger partial charge in [-0.15, -0.1) is 0 Å². The summed E-state index contributed by atoms with van der Waals surface area (Å²) in [5, 5.41) is 8.68. The molecule has 4 heteroatoms. The first kappa shape index (κ1) is 17.5. The lowest BCUT2D eigenvalue weighted by molar-refractivity contribution is -0.137. The molecule has 1 N–H and O–H groups in total. The number of hydrogen-bond acceptors (Lipinski definition) is 4. The van der Waals surface area contributed by atoms with Gasteiger partial charge in [0.2, 0.25) is 0 Å². The van der Waals surface area contributed by atoms with Crippen molar-refractivity contribution in [3.05, 3.63) is 36.1 Å². The van der Waals surface area contributed by atoms with E-state index < -0.39 is 0 Å². The molecule has 1 unspecified atom stereocenters. The zero-order chi connectivity index (χ0) is 15.3. The van der Waals surface area contributed by atoms with Gasteiger partial charge in [-0.1, -0.05) is 18.6 Å². The van der Waals surface area contributed by atoms with Crippen LogP contribution in [0.15, 0.2) is 36.1 Å². The van der Waals surface area contributed by atoms with E-state index in [1.54, 1.807) is 6.92 Å². The summed E-state index contributed by atoms with van der Waals surface area (Å²) < 4.78 is 10.5. The summed E-state index contributed by atoms with van der Waals surface area (Å²) in [5.41, 5.74) is 0. The van der Waals surface area contributed by atoms with Crippen molar-refractivity contribution in [2.24, 2.45) is 5.92 Å². The lowest BCUT2D eigenvalue weighted by Crippen LogP contribution is -2.03. The van der Waals surface area contributed by atoms with E-state index in [1.807, 2.05) is 24.3 Å². The van der Waals surface area contributed by atoms with Crippen LogP contribution in [-0.2, 0) is 14.3 Å². The zero-order valence-electron chi connectivity index (χ0n) is 12.8. The van der Waals surface area contributed by atoms with Crippen molar-refractivity contribution >= 4 is 5.97 Å². The number of aliphatic hydroxyl groups is 1. The molecule has 1 atom stereocenters. The second-order valence-corrected chi connectivity index (χ2v) is 4.96. The summed E-state index contributed by atoms with van der Waals surface area (Å²) in [5.74, 6) is 0.837. The molecule has 1 aliphatic carbocycles. The maximum Gasteiger partial charge on any atom is 0.330 e. The zero-order valence-corrected chi connectivity index (χ0v) is 12.8. The van der Waals surface area contributed by atoms with Crippen LogP contribution in [-0.4, -0.2) is 30.9 Å². The van der Waals surface area contributed by atoms with E-state index in [-0.39, 0.29) is 18.5 Å². The van der Waals surface area contributed by atoms with Crippen LogP contribution in [0.4, 0.5) is 0 Å². The second kappa shape index (κ2) is 11.1. The highest BCUT2D eigenvalue weighted by atomic mass is 16.5. The maximum absolute atomic E-state index is 11.2. The van der Waals surface area contributed by atoms with Gasteiger partial charge in [-0.3, -0.25) is 0 Å². The van der Waals surface area contributed by atoms with E-state index in [4.69, 9.17) is 14.6 Å². The average molecular weight is 294 g/mol. The molecule has 0 amide bonds. The lowest BCUT2D eigenvalue weighted by atomic mass is 9.99. The van der Waals surface area contributed by atoms with Crippen molar-refractivity contribution < 1.29 is 19.4 Å². The summed E-state index contributed by atoms with van der Waals surface area (Å²) >= 11 is 0. The molecule has 21 heavy (non-hydrogen) atoms. The first-order valence-corrected chi connectivity index (χ1v) is 7.73. The number of rotatable bonds is 10. The second-order valence-electron chi connectivity index (χ2n) is 4.96. The van der Waals surface area contributed by atoms with Crippen LogP contribution in [0.2, 0.25) is 0 Å². The van der Waals surface area contributed by atoms with Crippen LogP contribution in [0.5, 0.6) is 0 Å². The Kier molecular flexibility index (Phi) is 9.29. The molecule has 0 saturated heterocycles. The summed E-state index contributed by atoms with van der Waals surface area (Å²) in [6.45, 7) is 3.18. The highest BCUT2D eigenvalue weighted by molar-refractivity contribution is 5.81. The standard InChI is InChI=1S/C17H26O4/c1-2-20-17(19)12-9-15-7-10-16(11-8-15)21-14-6-4-3-5-13-18/h7,9-12,15,18H,2-6,8,13-14H2,1H3/b12-9+. The Morgan fingerprint density at radius 1 is 1.38 bits per heavy atom. The maximum atomic E-state index is 11.2. The van der Waals surface area contributed by atoms with Gasteiger partial charge in [-0.05, 0) is 50.7 Å². The lowest BCUT2D eigenvalue weighted by Gasteiger charge is -2.14. The summed E-state index contributed by atoms with van der Waals surface area (Å²) in [7, 11) is 0. The number of unbranched alkanes of at least 4 members (excludes halogenated alkanes) is 3. The number of allylic oxidation sites excluding steroid dienone is 4. The molecule has 1 aliphatic rings. The van der Waals surface area contributed by atoms with E-state index in [2.05, 4.69) is 0 Å². The van der Waals surface area contributed by atoms with Gasteiger partial charge in [0.15, 0.2) is 0 Å².